The van der Waals surface area contributed by atoms with Gasteiger partial charge in [-0.25, -0.2) is 9.78 Å². The van der Waals surface area contributed by atoms with Gasteiger partial charge in [0.2, 0.25) is 0 Å². The van der Waals surface area contributed by atoms with Gasteiger partial charge in [0.1, 0.15) is 5.82 Å². The van der Waals surface area contributed by atoms with E-state index in [1.165, 1.54) is 49.5 Å². The Balaban J connectivity index is 2.55. The van der Waals surface area contributed by atoms with Crippen LogP contribution in [0.25, 0.3) is 0 Å². The Kier molecular flexibility index (Phi) is 5.94. The van der Waals surface area contributed by atoms with Crippen molar-refractivity contribution in [2.24, 2.45) is 0 Å². The van der Waals surface area contributed by atoms with Crippen LogP contribution in [0.3, 0.4) is 0 Å². The lowest BCUT2D eigenvalue weighted by Gasteiger charge is -2.35. The second kappa shape index (κ2) is 7.83. The van der Waals surface area contributed by atoms with E-state index in [-0.39, 0.29) is 16.4 Å². The molecule has 0 bridgehead atoms. The van der Waals surface area contributed by atoms with Crippen LogP contribution in [0.2, 0.25) is 5.02 Å². The smallest absolute Gasteiger partial charge is 0.441 e. The monoisotopic (exact) mass is 401 g/mol. The first kappa shape index (κ1) is 20.5. The number of methoxy groups -OCH3 is 1. The van der Waals surface area contributed by atoms with Gasteiger partial charge in [-0.15, -0.1) is 0 Å². The first-order valence-corrected chi connectivity index (χ1v) is 7.92. The molecule has 0 saturated carbocycles. The van der Waals surface area contributed by atoms with E-state index >= 15 is 0 Å². The van der Waals surface area contributed by atoms with E-state index in [1.54, 1.807) is 5.32 Å². The first-order chi connectivity index (χ1) is 12.6. The zero-order valence-corrected chi connectivity index (χ0v) is 15.0. The number of ether oxygens (including phenoxy) is 1. The van der Waals surface area contributed by atoms with Crippen LogP contribution in [0.5, 0.6) is 0 Å². The number of hydrogen-bond acceptors (Lipinski definition) is 5. The highest BCUT2D eigenvalue weighted by molar-refractivity contribution is 6.33. The third kappa shape index (κ3) is 4.13. The maximum atomic E-state index is 14.0. The third-order valence-electron chi connectivity index (χ3n) is 3.65. The minimum absolute atomic E-state index is 0.0787. The second-order valence-corrected chi connectivity index (χ2v) is 5.87. The first-order valence-electron chi connectivity index (χ1n) is 7.54. The van der Waals surface area contributed by atoms with E-state index in [0.717, 1.165) is 7.11 Å². The van der Waals surface area contributed by atoms with Crippen LogP contribution < -0.4 is 10.6 Å². The van der Waals surface area contributed by atoms with Gasteiger partial charge in [-0.05, 0) is 30.7 Å². The molecular formula is C17H15ClF3N3O3. The molecule has 1 amide bonds. The van der Waals surface area contributed by atoms with Gasteiger partial charge >= 0.3 is 17.8 Å². The largest absolute Gasteiger partial charge is 0.466 e. The molecule has 0 aliphatic heterocycles. The van der Waals surface area contributed by atoms with Crippen LogP contribution in [0.4, 0.5) is 19.0 Å². The van der Waals surface area contributed by atoms with Crippen molar-refractivity contribution >= 4 is 29.3 Å². The lowest BCUT2D eigenvalue weighted by molar-refractivity contribution is -0.203. The second-order valence-electron chi connectivity index (χ2n) is 5.47. The Labute approximate surface area is 157 Å². The summed E-state index contributed by atoms with van der Waals surface area (Å²) in [5.41, 5.74) is -3.49. The van der Waals surface area contributed by atoms with Crippen molar-refractivity contribution in [3.05, 3.63) is 58.7 Å². The zero-order chi connectivity index (χ0) is 20.2. The molecular weight excluding hydrogens is 387 g/mol. The normalized spacial score (nSPS) is 13.4. The van der Waals surface area contributed by atoms with Crippen molar-refractivity contribution in [1.29, 1.82) is 0 Å². The van der Waals surface area contributed by atoms with Crippen molar-refractivity contribution in [2.75, 3.05) is 12.4 Å². The van der Waals surface area contributed by atoms with Crippen LogP contribution in [0.1, 0.15) is 15.9 Å². The van der Waals surface area contributed by atoms with Crippen LogP contribution >= 0.6 is 11.6 Å². The van der Waals surface area contributed by atoms with E-state index in [2.05, 4.69) is 9.72 Å². The summed E-state index contributed by atoms with van der Waals surface area (Å²) in [7, 11) is 0.775. The van der Waals surface area contributed by atoms with Gasteiger partial charge < -0.3 is 15.4 Å². The van der Waals surface area contributed by atoms with E-state index < -0.39 is 23.7 Å². The molecule has 10 heteroatoms. The van der Waals surface area contributed by atoms with Crippen molar-refractivity contribution in [3.8, 4) is 0 Å². The Morgan fingerprint density at radius 3 is 2.37 bits per heavy atom. The molecule has 0 saturated heterocycles. The molecule has 2 N–H and O–H groups in total. The lowest BCUT2D eigenvalue weighted by atomic mass is 10.1. The Hall–Kier alpha value is -2.81. The van der Waals surface area contributed by atoms with Gasteiger partial charge in [0.05, 0.1) is 17.7 Å². The Morgan fingerprint density at radius 2 is 1.81 bits per heavy atom. The van der Waals surface area contributed by atoms with E-state index in [0.29, 0.717) is 5.56 Å². The minimum Gasteiger partial charge on any atom is -0.466 e. The highest BCUT2D eigenvalue weighted by Crippen LogP contribution is 2.34. The van der Waals surface area contributed by atoms with Crippen molar-refractivity contribution in [2.45, 2.75) is 18.8 Å². The van der Waals surface area contributed by atoms with Crippen LogP contribution in [0, 0.1) is 6.92 Å². The number of aromatic nitrogens is 1. The Bertz CT molecular complexity index is 861. The topological polar surface area (TPSA) is 80.3 Å². The summed E-state index contributed by atoms with van der Waals surface area (Å²) < 4.78 is 46.2. The highest BCUT2D eigenvalue weighted by atomic mass is 35.5. The molecule has 6 nitrogen and oxygen atoms in total. The fourth-order valence-electron chi connectivity index (χ4n) is 2.22. The van der Waals surface area contributed by atoms with Gasteiger partial charge in [0, 0.05) is 6.20 Å². The number of carbonyl (C=O) groups excluding carboxylic acids is 2. The van der Waals surface area contributed by atoms with Crippen molar-refractivity contribution in [1.82, 2.24) is 10.3 Å². The van der Waals surface area contributed by atoms with Crippen molar-refractivity contribution < 1.29 is 27.5 Å². The van der Waals surface area contributed by atoms with Crippen molar-refractivity contribution in [3.63, 3.8) is 0 Å². The molecule has 1 heterocycles. The number of benzene rings is 1. The Morgan fingerprint density at radius 1 is 1.15 bits per heavy atom. The highest BCUT2D eigenvalue weighted by Gasteiger charge is 2.64. The molecule has 144 valence electrons. The SMILES string of the molecule is COC(=O)[C@](NC(=O)c1ccccc1Cl)(Nc1ncccc1C)C(F)(F)F. The summed E-state index contributed by atoms with van der Waals surface area (Å²) >= 11 is 5.87. The van der Waals surface area contributed by atoms with Gasteiger partial charge in [0.25, 0.3) is 5.91 Å². The predicted octanol–water partition coefficient (Wildman–Crippen LogP) is 3.32. The molecule has 2 aromatic rings. The molecule has 27 heavy (non-hydrogen) atoms. The number of nitrogens with zero attached hydrogens (tertiary/aromatic N) is 1. The average Bonchev–Trinajstić information content (AvgIpc) is 2.61. The van der Waals surface area contributed by atoms with Crippen LogP contribution in [-0.4, -0.2) is 35.8 Å². The number of esters is 1. The average molecular weight is 402 g/mol. The maximum Gasteiger partial charge on any atom is 0.441 e. The quantitative estimate of drug-likeness (QED) is 0.593. The van der Waals surface area contributed by atoms with Gasteiger partial charge in [0.15, 0.2) is 0 Å². The summed E-state index contributed by atoms with van der Waals surface area (Å²) in [6.45, 7) is 1.49. The summed E-state index contributed by atoms with van der Waals surface area (Å²) in [5.74, 6) is -3.23. The number of nitrogens with one attached hydrogen (secondary N) is 2. The van der Waals surface area contributed by atoms with Gasteiger partial charge in [-0.3, -0.25) is 4.79 Å². The molecule has 0 unspecified atom stereocenters. The van der Waals surface area contributed by atoms with Gasteiger partial charge in [-0.2, -0.15) is 13.2 Å². The summed E-state index contributed by atoms with van der Waals surface area (Å²) in [5, 5.41) is 3.59. The zero-order valence-electron chi connectivity index (χ0n) is 14.2. The number of aryl methyl sites for hydroxylation is 1. The number of halogens is 4. The summed E-state index contributed by atoms with van der Waals surface area (Å²) in [6.07, 6.45) is -4.02. The summed E-state index contributed by atoms with van der Waals surface area (Å²) in [4.78, 5) is 28.4. The molecule has 1 aromatic heterocycles. The minimum atomic E-state index is -5.26. The van der Waals surface area contributed by atoms with Crippen LogP contribution in [0.15, 0.2) is 42.6 Å². The third-order valence-corrected chi connectivity index (χ3v) is 3.98. The van der Waals surface area contributed by atoms with E-state index in [1.807, 2.05) is 5.32 Å². The molecule has 0 radical (unpaired) electrons. The number of pyridine rings is 1. The molecule has 0 aliphatic carbocycles. The molecule has 2 rings (SSSR count). The number of anilines is 1. The van der Waals surface area contributed by atoms with Crippen LogP contribution in [-0.2, 0) is 9.53 Å². The summed E-state index contributed by atoms with van der Waals surface area (Å²) in [6, 6.07) is 8.48. The molecule has 1 atom stereocenters. The molecule has 1 aromatic carbocycles. The number of hydrogen-bond donors (Lipinski definition) is 2. The lowest BCUT2D eigenvalue weighted by Crippen LogP contribution is -2.69. The fraction of sp³-hybridized carbons (Fsp3) is 0.235. The molecule has 0 fully saturated rings. The number of alkyl halides is 3. The number of amides is 1. The maximum absolute atomic E-state index is 14.0. The molecule has 0 spiro atoms. The standard InChI is InChI=1S/C17H15ClF3N3O3/c1-10-6-5-9-22-13(10)23-16(15(26)27-2,17(19,20)21)24-14(25)11-7-3-4-8-12(11)18/h3-9H,1-2H3,(H,22,23)(H,24,25)/t16-/m1/s1. The number of rotatable bonds is 5. The predicted molar refractivity (Wildman–Crippen MR) is 92.3 cm³/mol. The van der Waals surface area contributed by atoms with E-state index in [4.69, 9.17) is 11.6 Å². The number of carbonyl (C=O) groups is 2. The molecule has 0 aliphatic rings. The van der Waals surface area contributed by atoms with Gasteiger partial charge in [-0.1, -0.05) is 29.8 Å². The fourth-order valence-corrected chi connectivity index (χ4v) is 2.44. The van der Waals surface area contributed by atoms with E-state index in [9.17, 15) is 22.8 Å².